The number of aryl methyl sites for hydroxylation is 1. The summed E-state index contributed by atoms with van der Waals surface area (Å²) in [5.74, 6) is -2.15. The Kier molecular flexibility index (Phi) is 17.5. The van der Waals surface area contributed by atoms with Crippen molar-refractivity contribution in [3.8, 4) is 28.1 Å². The molecule has 0 saturated carbocycles. The number of benzene rings is 2. The van der Waals surface area contributed by atoms with Crippen molar-refractivity contribution in [1.29, 1.82) is 0 Å². The number of nitrogens with zero attached hydrogens (tertiary/aromatic N) is 3. The number of carbonyl (C=O) groups excluding carboxylic acids is 4. The average molecular weight is 868 g/mol. The van der Waals surface area contributed by atoms with Gasteiger partial charge in [0.2, 0.25) is 5.91 Å². The summed E-state index contributed by atoms with van der Waals surface area (Å²) in [7, 11) is 1.68. The Balaban J connectivity index is 0.00000310. The van der Waals surface area contributed by atoms with Gasteiger partial charge in [0.15, 0.2) is 0 Å². The third-order valence-electron chi connectivity index (χ3n) is 11.0. The van der Waals surface area contributed by atoms with Crippen molar-refractivity contribution in [2.45, 2.75) is 98.9 Å². The number of esters is 1. The molecule has 0 aliphatic carbocycles. The van der Waals surface area contributed by atoms with Crippen LogP contribution in [0.25, 0.3) is 33.3 Å². The number of Topliss-reactive ketones (excluding diaryl/α,β-unsaturated/α-hetero) is 1. The molecule has 2 aliphatic heterocycles. The molecule has 4 aromatic rings. The number of methoxy groups -OCH3 is 1. The molecule has 15 heteroatoms. The standard InChI is InChI=1S/C44H55N5O7.3H2S/c1-8-48-39-12-11-29-21-34(39)35(40(48)36-23-45-14-13-30(36)24-55-7)22-44(5,6)25-56-43(54)37-10-9-15-49(47-37)42(53)38(19-28-17-31(29)20-32(51)18-28)46-41(52)33(26(2)3)16-27(4)50;;;/h11-14,17-18,20-21,23,26,33,37-38,47,51H,8-10,15-16,19,22,24-25H2,1-7H3,(H,46,52);3*1H2/t33-,37-,38-;;;/m0.../s1. The van der Waals surface area contributed by atoms with E-state index < -0.39 is 41.2 Å². The maximum Gasteiger partial charge on any atom is 0.324 e. The molecule has 1 fully saturated rings. The van der Waals surface area contributed by atoms with E-state index in [2.05, 4.69) is 53.2 Å². The highest BCUT2D eigenvalue weighted by Crippen LogP contribution is 2.41. The summed E-state index contributed by atoms with van der Waals surface area (Å²) < 4.78 is 13.9. The van der Waals surface area contributed by atoms with Crippen LogP contribution in [-0.4, -0.2) is 75.6 Å². The normalized spacial score (nSPS) is 18.4. The molecular weight excluding hydrogens is 807 g/mol. The summed E-state index contributed by atoms with van der Waals surface area (Å²) in [6.45, 7) is 13.0. The van der Waals surface area contributed by atoms with Crippen LogP contribution in [-0.2, 0) is 54.6 Å². The van der Waals surface area contributed by atoms with Crippen LogP contribution in [0, 0.1) is 17.3 Å². The third-order valence-corrected chi connectivity index (χ3v) is 11.0. The fraction of sp³-hybridized carbons (Fsp3) is 0.477. The Labute approximate surface area is 368 Å². The van der Waals surface area contributed by atoms with E-state index in [0.717, 1.165) is 44.4 Å². The largest absolute Gasteiger partial charge is 0.508 e. The third kappa shape index (κ3) is 11.2. The number of hydrazine groups is 1. The number of aromatic hydroxyl groups is 1. The Hall–Kier alpha value is -4.02. The van der Waals surface area contributed by atoms with Crippen LogP contribution in [0.1, 0.15) is 77.5 Å². The molecular formula is C44H61N5O7S3. The number of amides is 2. The lowest BCUT2D eigenvalue weighted by Crippen LogP contribution is -2.61. The first-order chi connectivity index (χ1) is 26.7. The molecule has 2 aliphatic rings. The molecule has 2 aromatic carbocycles. The van der Waals surface area contributed by atoms with E-state index in [1.807, 2.05) is 38.2 Å². The highest BCUT2D eigenvalue weighted by molar-refractivity contribution is 7.59. The van der Waals surface area contributed by atoms with Crippen molar-refractivity contribution in [2.24, 2.45) is 17.3 Å². The molecule has 322 valence electrons. The monoisotopic (exact) mass is 867 g/mol. The van der Waals surface area contributed by atoms with Gasteiger partial charge in [-0.15, -0.1) is 0 Å². The zero-order chi connectivity index (χ0) is 40.3. The first kappa shape index (κ1) is 49.3. The topological polar surface area (TPSA) is 152 Å². The molecule has 3 atom stereocenters. The molecule has 0 spiro atoms. The number of carbonyl (C=O) groups is 4. The number of fused-ring (bicyclic) bond motifs is 6. The van der Waals surface area contributed by atoms with Crippen LogP contribution < -0.4 is 10.7 Å². The van der Waals surface area contributed by atoms with Gasteiger partial charge < -0.3 is 29.3 Å². The number of ketones is 1. The number of hydrogen-bond donors (Lipinski definition) is 3. The zero-order valence-electron chi connectivity index (χ0n) is 35.1. The molecule has 6 rings (SSSR count). The second-order valence-corrected chi connectivity index (χ2v) is 16.4. The summed E-state index contributed by atoms with van der Waals surface area (Å²) in [4.78, 5) is 58.5. The molecule has 4 heterocycles. The minimum atomic E-state index is -1.05. The highest BCUT2D eigenvalue weighted by atomic mass is 32.1. The van der Waals surface area contributed by atoms with Crippen LogP contribution >= 0.6 is 40.5 Å². The maximum atomic E-state index is 14.3. The lowest BCUT2D eigenvalue weighted by Gasteiger charge is -2.36. The molecule has 3 N–H and O–H groups in total. The minimum absolute atomic E-state index is 0. The number of nitrogens with one attached hydrogen (secondary N) is 2. The second-order valence-electron chi connectivity index (χ2n) is 16.4. The summed E-state index contributed by atoms with van der Waals surface area (Å²) in [6, 6.07) is 11.7. The summed E-state index contributed by atoms with van der Waals surface area (Å²) in [5.41, 5.74) is 9.94. The molecule has 2 amide bonds. The van der Waals surface area contributed by atoms with E-state index in [0.29, 0.717) is 44.5 Å². The van der Waals surface area contributed by atoms with Gasteiger partial charge in [-0.1, -0.05) is 39.8 Å². The number of ether oxygens (including phenoxy) is 2. The molecule has 1 saturated heterocycles. The zero-order valence-corrected chi connectivity index (χ0v) is 38.1. The van der Waals surface area contributed by atoms with Crippen molar-refractivity contribution in [1.82, 2.24) is 25.3 Å². The van der Waals surface area contributed by atoms with Crippen molar-refractivity contribution in [3.05, 3.63) is 71.5 Å². The number of aromatic nitrogens is 2. The van der Waals surface area contributed by atoms with Crippen LogP contribution in [0.15, 0.2) is 54.9 Å². The molecule has 0 unspecified atom stereocenters. The van der Waals surface area contributed by atoms with Crippen molar-refractivity contribution >= 4 is 75.0 Å². The van der Waals surface area contributed by atoms with Gasteiger partial charge in [0, 0.05) is 73.2 Å². The number of phenolic OH excluding ortho intramolecular Hbond substituents is 1. The van der Waals surface area contributed by atoms with Crippen LogP contribution in [0.2, 0.25) is 0 Å². The summed E-state index contributed by atoms with van der Waals surface area (Å²) >= 11 is 0. The fourth-order valence-corrected chi connectivity index (χ4v) is 8.15. The van der Waals surface area contributed by atoms with Gasteiger partial charge in [0.1, 0.15) is 23.6 Å². The van der Waals surface area contributed by atoms with Crippen molar-refractivity contribution in [2.75, 3.05) is 20.3 Å². The predicted molar refractivity (Wildman–Crippen MR) is 245 cm³/mol. The average Bonchev–Trinajstić information content (AvgIpc) is 3.46. The summed E-state index contributed by atoms with van der Waals surface area (Å²) in [5, 5.41) is 16.5. The number of rotatable bonds is 9. The van der Waals surface area contributed by atoms with Crippen molar-refractivity contribution < 1.29 is 33.8 Å². The predicted octanol–water partition coefficient (Wildman–Crippen LogP) is 6.48. The lowest BCUT2D eigenvalue weighted by atomic mass is 9.84. The van der Waals surface area contributed by atoms with Gasteiger partial charge >= 0.3 is 5.97 Å². The van der Waals surface area contributed by atoms with Gasteiger partial charge in [-0.05, 0) is 97.2 Å². The number of phenols is 1. The van der Waals surface area contributed by atoms with E-state index in [1.54, 1.807) is 25.4 Å². The van der Waals surface area contributed by atoms with Crippen LogP contribution in [0.4, 0.5) is 0 Å². The van der Waals surface area contributed by atoms with E-state index in [4.69, 9.17) is 9.47 Å². The molecule has 59 heavy (non-hydrogen) atoms. The van der Waals surface area contributed by atoms with Gasteiger partial charge in [-0.2, -0.15) is 40.5 Å². The van der Waals surface area contributed by atoms with E-state index in [9.17, 15) is 24.3 Å². The Morgan fingerprint density at radius 1 is 1.08 bits per heavy atom. The van der Waals surface area contributed by atoms with E-state index >= 15 is 0 Å². The maximum absolute atomic E-state index is 14.3. The van der Waals surface area contributed by atoms with Gasteiger partial charge in [0.05, 0.1) is 18.9 Å². The highest BCUT2D eigenvalue weighted by Gasteiger charge is 2.36. The Morgan fingerprint density at radius 2 is 1.83 bits per heavy atom. The SMILES string of the molecule is CCn1c(-c2cnccc2COC)c2c3cc(ccc31)-c1cc(O)cc(c1)C[C@H](NC(=O)[C@@H](CC(C)=O)C(C)C)C(=O)N1CCC[C@H](N1)C(=O)OCC(C)(C)C2.S.S.S. The van der Waals surface area contributed by atoms with Crippen molar-refractivity contribution in [3.63, 3.8) is 0 Å². The quantitative estimate of drug-likeness (QED) is 0.161. The minimum Gasteiger partial charge on any atom is -0.508 e. The molecule has 6 bridgehead atoms. The first-order valence-corrected chi connectivity index (χ1v) is 19.6. The Bertz CT molecular complexity index is 2140. The van der Waals surface area contributed by atoms with Gasteiger partial charge in [0.25, 0.3) is 5.91 Å². The van der Waals surface area contributed by atoms with E-state index in [1.165, 1.54) is 11.9 Å². The fourth-order valence-electron chi connectivity index (χ4n) is 8.15. The number of cyclic esters (lactones) is 1. The number of pyridine rings is 1. The van der Waals surface area contributed by atoms with Crippen LogP contribution in [0.5, 0.6) is 5.75 Å². The molecule has 2 aromatic heterocycles. The Morgan fingerprint density at radius 3 is 2.51 bits per heavy atom. The van der Waals surface area contributed by atoms with Crippen LogP contribution in [0.3, 0.4) is 0 Å². The first-order valence-electron chi connectivity index (χ1n) is 19.6. The number of hydrogen-bond acceptors (Lipinski definition) is 9. The summed E-state index contributed by atoms with van der Waals surface area (Å²) in [6.07, 6.45) is 5.36. The molecule has 0 radical (unpaired) electrons. The lowest BCUT2D eigenvalue weighted by molar-refractivity contribution is -0.155. The molecule has 12 nitrogen and oxygen atoms in total. The smallest absolute Gasteiger partial charge is 0.324 e. The van der Waals surface area contributed by atoms with E-state index in [-0.39, 0.29) is 77.4 Å². The van der Waals surface area contributed by atoms with Gasteiger partial charge in [-0.25, -0.2) is 5.43 Å². The second kappa shape index (κ2) is 21.0. The van der Waals surface area contributed by atoms with Gasteiger partial charge in [-0.3, -0.25) is 24.4 Å².